The summed E-state index contributed by atoms with van der Waals surface area (Å²) in [5, 5.41) is 5.24. The zero-order valence-electron chi connectivity index (χ0n) is 13.6. The van der Waals surface area contributed by atoms with Crippen molar-refractivity contribution in [2.45, 2.75) is 20.3 Å². The fourth-order valence-corrected chi connectivity index (χ4v) is 3.38. The first-order chi connectivity index (χ1) is 11.6. The van der Waals surface area contributed by atoms with Crippen molar-refractivity contribution < 1.29 is 14.3 Å². The third-order valence-corrected chi connectivity index (χ3v) is 4.68. The number of para-hydroxylation sites is 2. The summed E-state index contributed by atoms with van der Waals surface area (Å²) in [6.07, 6.45) is 0.191. The van der Waals surface area contributed by atoms with Crippen LogP contribution in [0.4, 0.5) is 10.8 Å². The molecule has 1 N–H and O–H groups in total. The fraction of sp³-hybridized carbons (Fsp3) is 0.353. The van der Waals surface area contributed by atoms with Crippen molar-refractivity contribution >= 4 is 34.0 Å². The minimum atomic E-state index is -0.392. The van der Waals surface area contributed by atoms with E-state index in [0.717, 1.165) is 5.69 Å². The lowest BCUT2D eigenvalue weighted by atomic mass is 10.1. The summed E-state index contributed by atoms with van der Waals surface area (Å²) in [5.41, 5.74) is 1.58. The molecule has 1 aromatic carbocycles. The minimum Gasteiger partial charge on any atom is -0.492 e. The molecule has 0 saturated carbocycles. The highest BCUT2D eigenvalue weighted by Crippen LogP contribution is 2.33. The van der Waals surface area contributed by atoms with Gasteiger partial charge in [0.05, 0.1) is 23.9 Å². The van der Waals surface area contributed by atoms with Crippen molar-refractivity contribution in [1.29, 1.82) is 0 Å². The van der Waals surface area contributed by atoms with Crippen molar-refractivity contribution in [2.24, 2.45) is 5.92 Å². The lowest BCUT2D eigenvalue weighted by Crippen LogP contribution is -2.28. The molecule has 0 aliphatic carbocycles. The van der Waals surface area contributed by atoms with Crippen molar-refractivity contribution in [1.82, 2.24) is 4.98 Å². The maximum Gasteiger partial charge on any atom is 0.231 e. The van der Waals surface area contributed by atoms with Gasteiger partial charge in [-0.3, -0.25) is 9.59 Å². The zero-order chi connectivity index (χ0) is 17.1. The van der Waals surface area contributed by atoms with Crippen LogP contribution in [0.1, 0.15) is 19.0 Å². The van der Waals surface area contributed by atoms with Crippen LogP contribution >= 0.6 is 11.3 Å². The van der Waals surface area contributed by atoms with Crippen LogP contribution in [-0.2, 0) is 9.59 Å². The molecule has 126 valence electrons. The van der Waals surface area contributed by atoms with Gasteiger partial charge in [0.1, 0.15) is 5.75 Å². The third kappa shape index (κ3) is 3.41. The maximum atomic E-state index is 12.4. The summed E-state index contributed by atoms with van der Waals surface area (Å²) in [5.74, 6) is 0.0214. The molecule has 3 rings (SSSR count). The number of thiazole rings is 1. The number of nitrogens with one attached hydrogen (secondary N) is 1. The van der Waals surface area contributed by atoms with Crippen LogP contribution in [0.25, 0.3) is 0 Å². The fourth-order valence-electron chi connectivity index (χ4n) is 2.69. The molecule has 1 fully saturated rings. The number of rotatable bonds is 5. The summed E-state index contributed by atoms with van der Waals surface area (Å²) in [7, 11) is 0. The molecule has 0 bridgehead atoms. The average molecular weight is 345 g/mol. The quantitative estimate of drug-likeness (QED) is 0.904. The summed E-state index contributed by atoms with van der Waals surface area (Å²) in [4.78, 5) is 30.6. The first-order valence-electron chi connectivity index (χ1n) is 7.83. The van der Waals surface area contributed by atoms with E-state index in [1.54, 1.807) is 4.90 Å². The number of aromatic nitrogens is 1. The standard InChI is InChI=1S/C17H19N3O3S/c1-3-23-14-7-5-4-6-13(14)20-9-12(8-15(20)21)16(22)19-17-18-11(2)10-24-17/h4-7,10,12H,3,8-9H2,1-2H3,(H,18,19,22)/t12-/m1/s1. The van der Waals surface area contributed by atoms with Gasteiger partial charge in [0.2, 0.25) is 11.8 Å². The first kappa shape index (κ1) is 16.4. The number of carbonyl (C=O) groups is 2. The van der Waals surface area contributed by atoms with Gasteiger partial charge in [-0.2, -0.15) is 0 Å². The van der Waals surface area contributed by atoms with E-state index in [0.29, 0.717) is 29.7 Å². The Morgan fingerprint density at radius 3 is 2.96 bits per heavy atom. The largest absolute Gasteiger partial charge is 0.492 e. The molecular weight excluding hydrogens is 326 g/mol. The lowest BCUT2D eigenvalue weighted by Gasteiger charge is -2.20. The summed E-state index contributed by atoms with van der Waals surface area (Å²) >= 11 is 1.38. The Hall–Kier alpha value is -2.41. The number of amides is 2. The van der Waals surface area contributed by atoms with Crippen LogP contribution in [0.2, 0.25) is 0 Å². The number of ether oxygens (including phenoxy) is 1. The highest BCUT2D eigenvalue weighted by molar-refractivity contribution is 7.13. The van der Waals surface area contributed by atoms with Crippen LogP contribution < -0.4 is 15.0 Å². The predicted octanol–water partition coefficient (Wildman–Crippen LogP) is 2.84. The zero-order valence-corrected chi connectivity index (χ0v) is 14.4. The van der Waals surface area contributed by atoms with Crippen molar-refractivity contribution in [3.8, 4) is 5.75 Å². The van der Waals surface area contributed by atoms with E-state index >= 15 is 0 Å². The van der Waals surface area contributed by atoms with Crippen LogP contribution in [0.3, 0.4) is 0 Å². The second kappa shape index (κ2) is 7.00. The molecule has 24 heavy (non-hydrogen) atoms. The van der Waals surface area contributed by atoms with Gasteiger partial charge < -0.3 is 15.0 Å². The number of aryl methyl sites for hydroxylation is 1. The molecule has 0 spiro atoms. The third-order valence-electron chi connectivity index (χ3n) is 3.80. The number of nitrogens with zero attached hydrogens (tertiary/aromatic N) is 2. The smallest absolute Gasteiger partial charge is 0.231 e. The SMILES string of the molecule is CCOc1ccccc1N1C[C@H](C(=O)Nc2nc(C)cs2)CC1=O. The number of carbonyl (C=O) groups excluding carboxylic acids is 2. The molecule has 6 nitrogen and oxygen atoms in total. The molecule has 1 saturated heterocycles. The van der Waals surface area contributed by atoms with E-state index in [1.165, 1.54) is 11.3 Å². The van der Waals surface area contributed by atoms with Crippen molar-refractivity contribution in [3.63, 3.8) is 0 Å². The molecule has 0 radical (unpaired) electrons. The van der Waals surface area contributed by atoms with E-state index in [9.17, 15) is 9.59 Å². The molecule has 1 aliphatic heterocycles. The van der Waals surface area contributed by atoms with Crippen molar-refractivity contribution in [3.05, 3.63) is 35.3 Å². The van der Waals surface area contributed by atoms with Crippen LogP contribution in [0.15, 0.2) is 29.6 Å². The molecule has 1 aliphatic rings. The Morgan fingerprint density at radius 1 is 1.46 bits per heavy atom. The molecule has 7 heteroatoms. The van der Waals surface area contributed by atoms with Gasteiger partial charge >= 0.3 is 0 Å². The monoisotopic (exact) mass is 345 g/mol. The number of benzene rings is 1. The molecule has 2 aromatic rings. The number of anilines is 2. The van der Waals surface area contributed by atoms with E-state index in [4.69, 9.17) is 4.74 Å². The molecular formula is C17H19N3O3S. The van der Waals surface area contributed by atoms with E-state index in [-0.39, 0.29) is 18.2 Å². The highest BCUT2D eigenvalue weighted by atomic mass is 32.1. The Labute approximate surface area is 144 Å². The van der Waals surface area contributed by atoms with E-state index < -0.39 is 5.92 Å². The Bertz CT molecular complexity index is 759. The van der Waals surface area contributed by atoms with Gasteiger partial charge in [-0.15, -0.1) is 11.3 Å². The lowest BCUT2D eigenvalue weighted by molar-refractivity contribution is -0.122. The van der Waals surface area contributed by atoms with Gasteiger partial charge in [-0.05, 0) is 26.0 Å². The molecule has 2 heterocycles. The normalized spacial score (nSPS) is 17.2. The van der Waals surface area contributed by atoms with Gasteiger partial charge in [-0.25, -0.2) is 4.98 Å². The van der Waals surface area contributed by atoms with Crippen molar-refractivity contribution in [2.75, 3.05) is 23.4 Å². The van der Waals surface area contributed by atoms with Crippen LogP contribution in [0.5, 0.6) is 5.75 Å². The summed E-state index contributed by atoms with van der Waals surface area (Å²) in [6, 6.07) is 7.39. The summed E-state index contributed by atoms with van der Waals surface area (Å²) in [6.45, 7) is 4.64. The first-order valence-corrected chi connectivity index (χ1v) is 8.71. The Kier molecular flexibility index (Phi) is 4.80. The second-order valence-electron chi connectivity index (χ2n) is 5.59. The van der Waals surface area contributed by atoms with E-state index in [2.05, 4.69) is 10.3 Å². The topological polar surface area (TPSA) is 71.5 Å². The average Bonchev–Trinajstić information content (AvgIpc) is 3.14. The number of hydrogen-bond acceptors (Lipinski definition) is 5. The maximum absolute atomic E-state index is 12.4. The number of hydrogen-bond donors (Lipinski definition) is 1. The molecule has 1 aromatic heterocycles. The van der Waals surface area contributed by atoms with E-state index in [1.807, 2.05) is 43.5 Å². The Balaban J connectivity index is 1.73. The van der Waals surface area contributed by atoms with Gasteiger partial charge in [0, 0.05) is 18.3 Å². The molecule has 2 amide bonds. The predicted molar refractivity (Wildman–Crippen MR) is 93.6 cm³/mol. The second-order valence-corrected chi connectivity index (χ2v) is 6.45. The van der Waals surface area contributed by atoms with Gasteiger partial charge in [-0.1, -0.05) is 12.1 Å². The van der Waals surface area contributed by atoms with Gasteiger partial charge in [0.15, 0.2) is 5.13 Å². The molecule has 0 unspecified atom stereocenters. The summed E-state index contributed by atoms with van der Waals surface area (Å²) < 4.78 is 5.59. The Morgan fingerprint density at radius 2 is 2.25 bits per heavy atom. The molecule has 1 atom stereocenters. The van der Waals surface area contributed by atoms with Gasteiger partial charge in [0.25, 0.3) is 0 Å². The highest BCUT2D eigenvalue weighted by Gasteiger charge is 2.36. The minimum absolute atomic E-state index is 0.0716. The van der Waals surface area contributed by atoms with Crippen LogP contribution in [0, 0.1) is 12.8 Å². The van der Waals surface area contributed by atoms with Crippen LogP contribution in [-0.4, -0.2) is 29.9 Å².